The summed E-state index contributed by atoms with van der Waals surface area (Å²) in [5, 5.41) is 33.5. The Bertz CT molecular complexity index is 1630. The zero-order valence-corrected chi connectivity index (χ0v) is 24.5. The first-order valence-corrected chi connectivity index (χ1v) is 15.2. The Balaban J connectivity index is 1.34. The lowest BCUT2D eigenvalue weighted by atomic mass is 9.52. The average molecular weight is 605 g/mol. The number of hydrogen-bond donors (Lipinski definition) is 4. The molecule has 2 saturated heterocycles. The van der Waals surface area contributed by atoms with Crippen LogP contribution in [0.15, 0.2) is 18.2 Å². The molecule has 0 bridgehead atoms. The number of phenolic OH excluding ortho intramolecular Hbond substituents is 1. The fourth-order valence-electron chi connectivity index (χ4n) is 8.34. The molecule has 2 saturated carbocycles. The summed E-state index contributed by atoms with van der Waals surface area (Å²) in [5.41, 5.74) is 3.66. The summed E-state index contributed by atoms with van der Waals surface area (Å²) in [6.45, 7) is 4.00. The van der Waals surface area contributed by atoms with Crippen molar-refractivity contribution in [1.29, 1.82) is 5.41 Å². The van der Waals surface area contributed by atoms with Gasteiger partial charge in [-0.3, -0.25) is 29.0 Å². The minimum atomic E-state index is -2.55. The molecular formula is C32H36N4O8. The van der Waals surface area contributed by atoms with Gasteiger partial charge < -0.3 is 30.8 Å². The number of rotatable bonds is 5. The van der Waals surface area contributed by atoms with E-state index in [0.717, 1.165) is 25.1 Å². The number of phenols is 1. The number of benzene rings is 2. The summed E-state index contributed by atoms with van der Waals surface area (Å²) >= 11 is 0. The molecule has 0 aromatic heterocycles. The van der Waals surface area contributed by atoms with Crippen LogP contribution in [0.1, 0.15) is 34.3 Å². The van der Waals surface area contributed by atoms with Gasteiger partial charge in [-0.1, -0.05) is 12.1 Å². The molecule has 4 fully saturated rings. The molecule has 3 aliphatic carbocycles. The van der Waals surface area contributed by atoms with Crippen LogP contribution in [0.25, 0.3) is 10.8 Å². The molecule has 2 heterocycles. The number of aromatic hydroxyl groups is 1. The Labute approximate surface area is 253 Å². The van der Waals surface area contributed by atoms with Crippen molar-refractivity contribution < 1.29 is 38.9 Å². The third-order valence-corrected chi connectivity index (χ3v) is 10.6. The zero-order valence-electron chi connectivity index (χ0n) is 24.5. The number of likely N-dealkylation sites (tertiary alicyclic amines) is 1. The molecule has 5 N–H and O–H groups in total. The van der Waals surface area contributed by atoms with Crippen LogP contribution in [0.5, 0.6) is 11.5 Å². The third-order valence-electron chi connectivity index (χ3n) is 10.6. The number of methoxy groups -OCH3 is 1. The van der Waals surface area contributed by atoms with Crippen molar-refractivity contribution >= 4 is 39.7 Å². The number of nitrogens with zero attached hydrogens (tertiary/aromatic N) is 2. The van der Waals surface area contributed by atoms with E-state index in [4.69, 9.17) is 20.6 Å². The van der Waals surface area contributed by atoms with Gasteiger partial charge in [-0.05, 0) is 49.9 Å². The predicted octanol–water partition coefficient (Wildman–Crippen LogP) is 0.456. The highest BCUT2D eigenvalue weighted by Gasteiger charge is 2.68. The second-order valence-electron chi connectivity index (χ2n) is 12.8. The Hall–Kier alpha value is -3.71. The Morgan fingerprint density at radius 2 is 1.89 bits per heavy atom. The van der Waals surface area contributed by atoms with E-state index in [0.29, 0.717) is 54.9 Å². The highest BCUT2D eigenvalue weighted by molar-refractivity contribution is 6.33. The first kappa shape index (κ1) is 29.0. The van der Waals surface area contributed by atoms with Crippen molar-refractivity contribution in [3.8, 4) is 11.5 Å². The lowest BCUT2D eigenvalue weighted by Crippen LogP contribution is -2.74. The molecule has 232 valence electrons. The SMILES string of the molecule is COc1c2c(c(O)c3cc(CN4CCC4)ccc13)C(=O)C1C(=O)C3(O)C(=N)C(C(N)=O)C(=O)C(N4CCOCC4)C3CC1C2. The molecule has 2 aromatic rings. The summed E-state index contributed by atoms with van der Waals surface area (Å²) in [6, 6.07) is 4.64. The molecule has 7 rings (SSSR count). The molecular weight excluding hydrogens is 568 g/mol. The second-order valence-corrected chi connectivity index (χ2v) is 12.8. The summed E-state index contributed by atoms with van der Waals surface area (Å²) in [4.78, 5) is 58.9. The summed E-state index contributed by atoms with van der Waals surface area (Å²) in [6.07, 6.45) is 1.39. The minimum Gasteiger partial charge on any atom is -0.507 e. The normalized spacial score (nSPS) is 32.5. The van der Waals surface area contributed by atoms with Gasteiger partial charge in [0.1, 0.15) is 17.4 Å². The van der Waals surface area contributed by atoms with Crippen molar-refractivity contribution in [1.82, 2.24) is 9.80 Å². The third kappa shape index (κ3) is 4.01. The molecule has 2 aromatic carbocycles. The van der Waals surface area contributed by atoms with Crippen molar-refractivity contribution in [2.24, 2.45) is 29.4 Å². The molecule has 1 amide bonds. The average Bonchev–Trinajstić information content (AvgIpc) is 2.97. The molecule has 2 aliphatic heterocycles. The topological polar surface area (TPSA) is 184 Å². The van der Waals surface area contributed by atoms with E-state index < -0.39 is 64.3 Å². The van der Waals surface area contributed by atoms with Crippen LogP contribution in [-0.2, 0) is 32.1 Å². The number of carbonyl (C=O) groups excluding carboxylic acids is 4. The highest BCUT2D eigenvalue weighted by atomic mass is 16.5. The largest absolute Gasteiger partial charge is 0.507 e. The first-order chi connectivity index (χ1) is 21.1. The Morgan fingerprint density at radius 3 is 2.52 bits per heavy atom. The number of aliphatic hydroxyl groups is 1. The van der Waals surface area contributed by atoms with Crippen LogP contribution >= 0.6 is 0 Å². The maximum Gasteiger partial charge on any atom is 0.233 e. The molecule has 0 radical (unpaired) electrons. The van der Waals surface area contributed by atoms with Crippen LogP contribution in [-0.4, -0.2) is 107 Å². The summed E-state index contributed by atoms with van der Waals surface area (Å²) < 4.78 is 11.3. The van der Waals surface area contributed by atoms with Crippen molar-refractivity contribution in [2.45, 2.75) is 37.5 Å². The van der Waals surface area contributed by atoms with Crippen molar-refractivity contribution in [2.75, 3.05) is 46.5 Å². The fraction of sp³-hybridized carbons (Fsp3) is 0.531. The van der Waals surface area contributed by atoms with E-state index in [1.54, 1.807) is 4.90 Å². The maximum absolute atomic E-state index is 14.4. The molecule has 0 spiro atoms. The van der Waals surface area contributed by atoms with Crippen molar-refractivity contribution in [3.63, 3.8) is 0 Å². The van der Waals surface area contributed by atoms with Crippen LogP contribution in [0.3, 0.4) is 0 Å². The van der Waals surface area contributed by atoms with Gasteiger partial charge >= 0.3 is 0 Å². The molecule has 12 nitrogen and oxygen atoms in total. The fourth-order valence-corrected chi connectivity index (χ4v) is 8.34. The zero-order chi connectivity index (χ0) is 31.1. The van der Waals surface area contributed by atoms with Gasteiger partial charge in [0, 0.05) is 41.9 Å². The lowest BCUT2D eigenvalue weighted by molar-refractivity contribution is -0.160. The number of morpholine rings is 1. The molecule has 6 unspecified atom stereocenters. The first-order valence-electron chi connectivity index (χ1n) is 15.2. The quantitative estimate of drug-likeness (QED) is 0.350. The number of hydrogen-bond acceptors (Lipinski definition) is 11. The number of amides is 1. The van der Waals surface area contributed by atoms with E-state index >= 15 is 0 Å². The molecule has 6 atom stereocenters. The summed E-state index contributed by atoms with van der Waals surface area (Å²) in [5.74, 6) is -8.01. The van der Waals surface area contributed by atoms with Gasteiger partial charge in [0.2, 0.25) is 5.91 Å². The Morgan fingerprint density at radius 1 is 1.16 bits per heavy atom. The maximum atomic E-state index is 14.4. The van der Waals surface area contributed by atoms with Crippen LogP contribution in [0.4, 0.5) is 0 Å². The number of primary amides is 1. The predicted molar refractivity (Wildman–Crippen MR) is 157 cm³/mol. The highest BCUT2D eigenvalue weighted by Crippen LogP contribution is 2.53. The number of ketones is 3. The minimum absolute atomic E-state index is 0.0262. The van der Waals surface area contributed by atoms with E-state index in [-0.39, 0.29) is 24.2 Å². The number of Topliss-reactive ketones (excluding diaryl/α,β-unsaturated/α-hetero) is 3. The van der Waals surface area contributed by atoms with E-state index in [2.05, 4.69) is 4.90 Å². The monoisotopic (exact) mass is 604 g/mol. The van der Waals surface area contributed by atoms with Gasteiger partial charge in [-0.25, -0.2) is 0 Å². The van der Waals surface area contributed by atoms with Gasteiger partial charge in [0.15, 0.2) is 23.0 Å². The van der Waals surface area contributed by atoms with Gasteiger partial charge in [-0.15, -0.1) is 0 Å². The summed E-state index contributed by atoms with van der Waals surface area (Å²) in [7, 11) is 1.50. The molecule has 12 heteroatoms. The van der Waals surface area contributed by atoms with Gasteiger partial charge in [0.25, 0.3) is 0 Å². The number of ether oxygens (including phenoxy) is 2. The number of carbonyl (C=O) groups is 4. The second kappa shape index (κ2) is 10.4. The van der Waals surface area contributed by atoms with Crippen LogP contribution in [0.2, 0.25) is 0 Å². The number of fused-ring (bicyclic) bond motifs is 4. The smallest absolute Gasteiger partial charge is 0.233 e. The van der Waals surface area contributed by atoms with Crippen LogP contribution < -0.4 is 10.5 Å². The van der Waals surface area contributed by atoms with E-state index in [1.165, 1.54) is 7.11 Å². The van der Waals surface area contributed by atoms with E-state index in [9.17, 15) is 29.4 Å². The molecule has 44 heavy (non-hydrogen) atoms. The van der Waals surface area contributed by atoms with Crippen molar-refractivity contribution in [3.05, 3.63) is 34.9 Å². The standard InChI is InChI=1S/C32H36N4O8/c1-43-28-17-4-3-15(14-35-5-2-6-35)11-18(17)25(37)22-19(28)12-16-13-20-24(36-7-9-44-10-8-36)27(39)23(31(34)41)29(33)32(20,42)30(40)21(16)26(22)38/h3-4,11,16,20-21,23-24,33,37,42H,2,5-10,12-14H2,1H3,(H2,34,41). The number of nitrogens with one attached hydrogen (secondary N) is 1. The van der Waals surface area contributed by atoms with Gasteiger partial charge in [0.05, 0.1) is 43.6 Å². The van der Waals surface area contributed by atoms with E-state index in [1.807, 2.05) is 18.2 Å². The van der Waals surface area contributed by atoms with Crippen LogP contribution in [0, 0.1) is 29.1 Å². The number of nitrogens with two attached hydrogens (primary N) is 1. The van der Waals surface area contributed by atoms with Gasteiger partial charge in [-0.2, -0.15) is 0 Å². The molecule has 5 aliphatic rings. The lowest BCUT2D eigenvalue weighted by Gasteiger charge is -2.54. The Kier molecular flexibility index (Phi) is 6.89.